The van der Waals surface area contributed by atoms with Gasteiger partial charge in [0.15, 0.2) is 0 Å². The van der Waals surface area contributed by atoms with Crippen LogP contribution in [0.2, 0.25) is 0 Å². The summed E-state index contributed by atoms with van der Waals surface area (Å²) < 4.78 is 6.03. The van der Waals surface area contributed by atoms with Gasteiger partial charge < -0.3 is 10.3 Å². The molecule has 2 rings (SSSR count). The lowest BCUT2D eigenvalue weighted by Crippen LogP contribution is -2.28. The van der Waals surface area contributed by atoms with E-state index < -0.39 is 5.91 Å². The van der Waals surface area contributed by atoms with Crippen LogP contribution in [0.1, 0.15) is 5.89 Å². The minimum absolute atomic E-state index is 0.0856. The summed E-state index contributed by atoms with van der Waals surface area (Å²) in [5.74, 6) is 0.536. The second-order valence-corrected chi connectivity index (χ2v) is 5.65. The van der Waals surface area contributed by atoms with E-state index in [2.05, 4.69) is 31.4 Å². The molecule has 3 N–H and O–H groups in total. The van der Waals surface area contributed by atoms with Crippen LogP contribution < -0.4 is 11.1 Å². The summed E-state index contributed by atoms with van der Waals surface area (Å²) in [6, 6.07) is 3.82. The molecular weight excluding hydrogens is 308 g/mol. The molecule has 2 aromatic heterocycles. The van der Waals surface area contributed by atoms with Crippen LogP contribution in [0.5, 0.6) is 0 Å². The maximum absolute atomic E-state index is 10.5. The van der Waals surface area contributed by atoms with E-state index in [1.54, 1.807) is 0 Å². The Morgan fingerprint density at radius 3 is 3.06 bits per heavy atom. The zero-order chi connectivity index (χ0) is 12.3. The second kappa shape index (κ2) is 5.39. The van der Waals surface area contributed by atoms with Gasteiger partial charge in [-0.1, -0.05) is 5.16 Å². The number of aromatic nitrogens is 2. The normalized spacial score (nSPS) is 10.6. The van der Waals surface area contributed by atoms with E-state index in [-0.39, 0.29) is 6.54 Å². The van der Waals surface area contributed by atoms with E-state index in [1.807, 2.05) is 12.1 Å². The first kappa shape index (κ1) is 12.2. The van der Waals surface area contributed by atoms with Crippen molar-refractivity contribution in [3.63, 3.8) is 0 Å². The first-order valence-electron chi connectivity index (χ1n) is 4.72. The minimum Gasteiger partial charge on any atom is -0.369 e. The van der Waals surface area contributed by atoms with Crippen molar-refractivity contribution in [1.82, 2.24) is 15.5 Å². The number of hydrogen-bond acceptors (Lipinski definition) is 6. The third kappa shape index (κ3) is 3.35. The lowest BCUT2D eigenvalue weighted by molar-refractivity contribution is -0.117. The quantitative estimate of drug-likeness (QED) is 0.862. The summed E-state index contributed by atoms with van der Waals surface area (Å²) in [4.78, 5) is 15.6. The monoisotopic (exact) mass is 316 g/mol. The van der Waals surface area contributed by atoms with Crippen LogP contribution in [0.15, 0.2) is 20.4 Å². The molecule has 8 heteroatoms. The Kier molecular flexibility index (Phi) is 3.87. The molecule has 0 bridgehead atoms. The number of amides is 1. The Balaban J connectivity index is 1.98. The van der Waals surface area contributed by atoms with Crippen LogP contribution >= 0.6 is 27.3 Å². The van der Waals surface area contributed by atoms with Crippen molar-refractivity contribution in [3.05, 3.63) is 21.8 Å². The van der Waals surface area contributed by atoms with E-state index in [0.717, 1.165) is 8.66 Å². The highest BCUT2D eigenvalue weighted by molar-refractivity contribution is 9.11. The molecule has 6 nitrogen and oxygen atoms in total. The Morgan fingerprint density at radius 1 is 1.59 bits per heavy atom. The van der Waals surface area contributed by atoms with E-state index in [4.69, 9.17) is 10.3 Å². The number of hydrogen-bond donors (Lipinski definition) is 2. The highest BCUT2D eigenvalue weighted by Crippen LogP contribution is 2.29. The molecule has 0 saturated carbocycles. The fourth-order valence-electron chi connectivity index (χ4n) is 1.15. The van der Waals surface area contributed by atoms with Crippen LogP contribution in [-0.4, -0.2) is 22.6 Å². The van der Waals surface area contributed by atoms with Gasteiger partial charge in [0.25, 0.3) is 0 Å². The number of halogens is 1. The van der Waals surface area contributed by atoms with Gasteiger partial charge in [-0.25, -0.2) is 0 Å². The fourth-order valence-corrected chi connectivity index (χ4v) is 2.47. The number of thiophene rings is 1. The first-order valence-corrected chi connectivity index (χ1v) is 6.33. The summed E-state index contributed by atoms with van der Waals surface area (Å²) >= 11 is 4.88. The average molecular weight is 317 g/mol. The third-order valence-corrected chi connectivity index (χ3v) is 3.46. The Labute approximate surface area is 109 Å². The number of nitrogens with zero attached hydrogens (tertiary/aromatic N) is 2. The predicted molar refractivity (Wildman–Crippen MR) is 66.2 cm³/mol. The molecule has 0 aliphatic carbocycles. The van der Waals surface area contributed by atoms with Gasteiger partial charge in [0.05, 0.1) is 21.8 Å². The SMILES string of the molecule is NC(=O)CNCc1nc(-c2ccc(Br)s2)no1. The molecule has 0 aliphatic heterocycles. The molecule has 17 heavy (non-hydrogen) atoms. The molecular formula is C9H9BrN4O2S. The molecule has 0 atom stereocenters. The van der Waals surface area contributed by atoms with Crippen molar-refractivity contribution >= 4 is 33.2 Å². The number of rotatable bonds is 5. The molecule has 0 aromatic carbocycles. The van der Waals surface area contributed by atoms with Crippen LogP contribution in [-0.2, 0) is 11.3 Å². The van der Waals surface area contributed by atoms with Crippen molar-refractivity contribution in [1.29, 1.82) is 0 Å². The van der Waals surface area contributed by atoms with E-state index in [0.29, 0.717) is 18.3 Å². The Hall–Kier alpha value is -1.25. The number of primary amides is 1. The van der Waals surface area contributed by atoms with E-state index in [9.17, 15) is 4.79 Å². The van der Waals surface area contributed by atoms with Crippen molar-refractivity contribution in [2.24, 2.45) is 5.73 Å². The van der Waals surface area contributed by atoms with Gasteiger partial charge in [0.2, 0.25) is 17.6 Å². The molecule has 2 aromatic rings. The summed E-state index contributed by atoms with van der Waals surface area (Å²) in [7, 11) is 0. The average Bonchev–Trinajstić information content (AvgIpc) is 2.86. The lowest BCUT2D eigenvalue weighted by atomic mass is 10.4. The highest BCUT2D eigenvalue weighted by atomic mass is 79.9. The molecule has 2 heterocycles. The van der Waals surface area contributed by atoms with Gasteiger partial charge in [-0.2, -0.15) is 4.98 Å². The van der Waals surface area contributed by atoms with Crippen molar-refractivity contribution < 1.29 is 9.32 Å². The Morgan fingerprint density at radius 2 is 2.41 bits per heavy atom. The standard InChI is InChI=1S/C9H9BrN4O2S/c10-6-2-1-5(17-6)9-13-8(16-14-9)4-12-3-7(11)15/h1-2,12H,3-4H2,(H2,11,15). The van der Waals surface area contributed by atoms with Gasteiger partial charge in [0.1, 0.15) is 0 Å². The van der Waals surface area contributed by atoms with Gasteiger partial charge in [-0.05, 0) is 28.1 Å². The topological polar surface area (TPSA) is 94.0 Å². The smallest absolute Gasteiger partial charge is 0.240 e. The van der Waals surface area contributed by atoms with Crippen molar-refractivity contribution in [2.45, 2.75) is 6.54 Å². The third-order valence-electron chi connectivity index (χ3n) is 1.84. The summed E-state index contributed by atoms with van der Waals surface area (Å²) in [6.45, 7) is 0.407. The van der Waals surface area contributed by atoms with Gasteiger partial charge in [-0.15, -0.1) is 11.3 Å². The van der Waals surface area contributed by atoms with Crippen molar-refractivity contribution in [2.75, 3.05) is 6.54 Å². The van der Waals surface area contributed by atoms with Crippen LogP contribution in [0.3, 0.4) is 0 Å². The van der Waals surface area contributed by atoms with E-state index in [1.165, 1.54) is 11.3 Å². The van der Waals surface area contributed by atoms with Crippen LogP contribution in [0.25, 0.3) is 10.7 Å². The van der Waals surface area contributed by atoms with Gasteiger partial charge >= 0.3 is 0 Å². The van der Waals surface area contributed by atoms with Gasteiger partial charge in [-0.3, -0.25) is 10.1 Å². The predicted octanol–water partition coefficient (Wildman–Crippen LogP) is 1.14. The molecule has 0 fully saturated rings. The number of carbonyl (C=O) groups excluding carboxylic acids is 1. The fraction of sp³-hybridized carbons (Fsp3) is 0.222. The van der Waals surface area contributed by atoms with E-state index >= 15 is 0 Å². The first-order chi connectivity index (χ1) is 8.15. The molecule has 0 unspecified atom stereocenters. The molecule has 0 spiro atoms. The molecule has 0 saturated heterocycles. The molecule has 0 aliphatic rings. The summed E-state index contributed by atoms with van der Waals surface area (Å²) in [6.07, 6.45) is 0. The minimum atomic E-state index is -0.424. The number of nitrogens with two attached hydrogens (primary N) is 1. The van der Waals surface area contributed by atoms with Crippen LogP contribution in [0.4, 0.5) is 0 Å². The maximum Gasteiger partial charge on any atom is 0.240 e. The Bertz CT molecular complexity index is 525. The van der Waals surface area contributed by atoms with Gasteiger partial charge in [0, 0.05) is 0 Å². The zero-order valence-electron chi connectivity index (χ0n) is 8.64. The number of carbonyl (C=O) groups is 1. The molecule has 0 radical (unpaired) electrons. The zero-order valence-corrected chi connectivity index (χ0v) is 11.0. The molecule has 1 amide bonds. The highest BCUT2D eigenvalue weighted by Gasteiger charge is 2.10. The lowest BCUT2D eigenvalue weighted by Gasteiger charge is -1.95. The number of nitrogens with one attached hydrogen (secondary N) is 1. The summed E-state index contributed by atoms with van der Waals surface area (Å²) in [5.41, 5.74) is 4.98. The second-order valence-electron chi connectivity index (χ2n) is 3.19. The maximum atomic E-state index is 10.5. The van der Waals surface area contributed by atoms with Crippen LogP contribution in [0, 0.1) is 0 Å². The van der Waals surface area contributed by atoms with Crippen molar-refractivity contribution in [3.8, 4) is 10.7 Å². The summed E-state index contributed by atoms with van der Waals surface area (Å²) in [5, 5.41) is 6.64. The molecule has 90 valence electrons. The largest absolute Gasteiger partial charge is 0.369 e.